The van der Waals surface area contributed by atoms with Gasteiger partial charge in [0.1, 0.15) is 6.04 Å². The number of hydrogen-bond acceptors (Lipinski definition) is 3. The van der Waals surface area contributed by atoms with Gasteiger partial charge >= 0.3 is 6.03 Å². The lowest BCUT2D eigenvalue weighted by Crippen LogP contribution is -2.32. The lowest BCUT2D eigenvalue weighted by atomic mass is 9.96. The van der Waals surface area contributed by atoms with Crippen LogP contribution in [0.1, 0.15) is 38.8 Å². The lowest BCUT2D eigenvalue weighted by Gasteiger charge is -2.26. The number of hydrogen-bond donors (Lipinski definition) is 2. The van der Waals surface area contributed by atoms with E-state index < -0.39 is 12.1 Å². The maximum absolute atomic E-state index is 12.0. The van der Waals surface area contributed by atoms with Crippen LogP contribution < -0.4 is 10.6 Å². The Bertz CT molecular complexity index is 867. The molecule has 30 heavy (non-hydrogen) atoms. The summed E-state index contributed by atoms with van der Waals surface area (Å²) in [5.74, 6) is 0.934. The van der Waals surface area contributed by atoms with Gasteiger partial charge in [-0.05, 0) is 40.2 Å². The second kappa shape index (κ2) is 9.90. The Kier molecular flexibility index (Phi) is 7.27. The summed E-state index contributed by atoms with van der Waals surface area (Å²) >= 11 is 0. The number of amides is 3. The fourth-order valence-electron chi connectivity index (χ4n) is 4.10. The van der Waals surface area contributed by atoms with Crippen molar-refractivity contribution in [2.75, 3.05) is 13.1 Å². The zero-order valence-electron chi connectivity index (χ0n) is 18.4. The van der Waals surface area contributed by atoms with Crippen molar-refractivity contribution >= 4 is 11.9 Å². The Hall–Kier alpha value is -2.66. The number of urea groups is 1. The van der Waals surface area contributed by atoms with Crippen molar-refractivity contribution < 1.29 is 9.59 Å². The Morgan fingerprint density at radius 2 is 1.50 bits per heavy atom. The number of carbonyl (C=O) groups is 2. The van der Waals surface area contributed by atoms with Crippen LogP contribution in [0.25, 0.3) is 11.1 Å². The average Bonchev–Trinajstić information content (AvgIpc) is 2.98. The predicted molar refractivity (Wildman–Crippen MR) is 121 cm³/mol. The first-order chi connectivity index (χ1) is 14.3. The highest BCUT2D eigenvalue weighted by atomic mass is 16.2. The molecule has 1 fully saturated rings. The summed E-state index contributed by atoms with van der Waals surface area (Å²) in [6.07, 6.45) is 0.486. The third-order valence-electron chi connectivity index (χ3n) is 5.11. The number of carbonyl (C=O) groups excluding carboxylic acids is 2. The van der Waals surface area contributed by atoms with Crippen molar-refractivity contribution in [3.63, 3.8) is 0 Å². The Labute approximate surface area is 179 Å². The van der Waals surface area contributed by atoms with E-state index in [1.54, 1.807) is 0 Å². The average molecular weight is 408 g/mol. The zero-order valence-corrected chi connectivity index (χ0v) is 18.4. The van der Waals surface area contributed by atoms with Crippen molar-refractivity contribution in [2.24, 2.45) is 11.8 Å². The molecule has 0 saturated carbocycles. The van der Waals surface area contributed by atoms with E-state index in [0.29, 0.717) is 18.3 Å². The van der Waals surface area contributed by atoms with Crippen LogP contribution in [0, 0.1) is 11.8 Å². The van der Waals surface area contributed by atoms with Crippen LogP contribution >= 0.6 is 0 Å². The third kappa shape index (κ3) is 6.17. The van der Waals surface area contributed by atoms with Crippen LogP contribution in [0.2, 0.25) is 0 Å². The number of benzene rings is 2. The van der Waals surface area contributed by atoms with Crippen molar-refractivity contribution in [2.45, 2.75) is 46.7 Å². The molecular weight excluding hydrogens is 374 g/mol. The van der Waals surface area contributed by atoms with E-state index in [1.807, 2.05) is 18.2 Å². The van der Waals surface area contributed by atoms with Gasteiger partial charge in [0, 0.05) is 26.1 Å². The van der Waals surface area contributed by atoms with Crippen molar-refractivity contribution in [1.29, 1.82) is 0 Å². The van der Waals surface area contributed by atoms with Gasteiger partial charge in [-0.3, -0.25) is 15.0 Å². The van der Waals surface area contributed by atoms with E-state index in [-0.39, 0.29) is 5.91 Å². The Morgan fingerprint density at radius 3 is 2.07 bits per heavy atom. The fraction of sp³-hybridized carbons (Fsp3) is 0.440. The second-order valence-electron chi connectivity index (χ2n) is 9.11. The second-order valence-corrected chi connectivity index (χ2v) is 9.11. The van der Waals surface area contributed by atoms with E-state index >= 15 is 0 Å². The van der Waals surface area contributed by atoms with Gasteiger partial charge in [-0.25, -0.2) is 4.79 Å². The van der Waals surface area contributed by atoms with E-state index in [9.17, 15) is 9.59 Å². The third-order valence-corrected chi connectivity index (χ3v) is 5.11. The molecule has 0 aliphatic carbocycles. The maximum Gasteiger partial charge on any atom is 0.322 e. The number of imide groups is 1. The molecule has 1 unspecified atom stereocenters. The van der Waals surface area contributed by atoms with Crippen LogP contribution in [-0.2, 0) is 17.8 Å². The summed E-state index contributed by atoms with van der Waals surface area (Å²) in [7, 11) is 0. The minimum atomic E-state index is -0.515. The molecule has 160 valence electrons. The molecule has 1 atom stereocenters. The Balaban J connectivity index is 1.90. The van der Waals surface area contributed by atoms with Gasteiger partial charge in [0.15, 0.2) is 0 Å². The van der Waals surface area contributed by atoms with Crippen LogP contribution in [0.5, 0.6) is 0 Å². The van der Waals surface area contributed by atoms with Gasteiger partial charge < -0.3 is 5.32 Å². The van der Waals surface area contributed by atoms with Crippen molar-refractivity contribution in [3.05, 3.63) is 59.7 Å². The standard InChI is InChI=1S/C25H33N3O2/c1-17(2)14-28(15-18(3)4)16-20-10-19(13-23-24(29)27-25(30)26-23)11-22(12-20)21-8-6-5-7-9-21/h5-12,17-18,23H,13-16H2,1-4H3,(H2,26,27,29,30). The molecule has 2 aromatic carbocycles. The summed E-state index contributed by atoms with van der Waals surface area (Å²) in [5.41, 5.74) is 4.58. The molecule has 5 heteroatoms. The van der Waals surface area contributed by atoms with E-state index in [1.165, 1.54) is 5.56 Å². The van der Waals surface area contributed by atoms with Gasteiger partial charge in [0.2, 0.25) is 0 Å². The molecule has 0 bridgehead atoms. The lowest BCUT2D eigenvalue weighted by molar-refractivity contribution is -0.120. The van der Waals surface area contributed by atoms with Gasteiger partial charge in [0.25, 0.3) is 5.91 Å². The smallest absolute Gasteiger partial charge is 0.322 e. The molecule has 0 spiro atoms. The molecule has 1 saturated heterocycles. The van der Waals surface area contributed by atoms with Crippen LogP contribution in [0.3, 0.4) is 0 Å². The van der Waals surface area contributed by atoms with Crippen molar-refractivity contribution in [1.82, 2.24) is 15.5 Å². The molecule has 1 aliphatic heterocycles. The number of nitrogens with zero attached hydrogens (tertiary/aromatic N) is 1. The molecule has 0 radical (unpaired) electrons. The number of nitrogens with one attached hydrogen (secondary N) is 2. The molecule has 1 heterocycles. The van der Waals surface area contributed by atoms with Crippen LogP contribution in [0.4, 0.5) is 4.79 Å². The molecule has 3 rings (SSSR count). The van der Waals surface area contributed by atoms with Crippen LogP contribution in [-0.4, -0.2) is 36.0 Å². The summed E-state index contributed by atoms with van der Waals surface area (Å²) in [6.45, 7) is 12.0. The highest BCUT2D eigenvalue weighted by Gasteiger charge is 2.29. The largest absolute Gasteiger partial charge is 0.326 e. The summed E-state index contributed by atoms with van der Waals surface area (Å²) in [5, 5.41) is 5.04. The Morgan fingerprint density at radius 1 is 0.867 bits per heavy atom. The van der Waals surface area contributed by atoms with E-state index in [4.69, 9.17) is 0 Å². The number of rotatable bonds is 9. The molecule has 5 nitrogen and oxygen atoms in total. The fourth-order valence-corrected chi connectivity index (χ4v) is 4.10. The monoisotopic (exact) mass is 407 g/mol. The molecule has 2 N–H and O–H groups in total. The highest BCUT2D eigenvalue weighted by Crippen LogP contribution is 2.25. The maximum atomic E-state index is 12.0. The first kappa shape index (κ1) is 22.0. The SMILES string of the molecule is CC(C)CN(Cc1cc(CC2NC(=O)NC2=O)cc(-c2ccccc2)c1)CC(C)C. The normalized spacial score (nSPS) is 16.4. The highest BCUT2D eigenvalue weighted by molar-refractivity contribution is 6.04. The molecule has 0 aromatic heterocycles. The minimum Gasteiger partial charge on any atom is -0.326 e. The first-order valence-corrected chi connectivity index (χ1v) is 10.8. The van der Waals surface area contributed by atoms with E-state index in [0.717, 1.165) is 36.3 Å². The van der Waals surface area contributed by atoms with Gasteiger partial charge in [-0.2, -0.15) is 0 Å². The van der Waals surface area contributed by atoms with Crippen molar-refractivity contribution in [3.8, 4) is 11.1 Å². The quantitative estimate of drug-likeness (QED) is 0.612. The van der Waals surface area contributed by atoms with E-state index in [2.05, 4.69) is 73.6 Å². The summed E-state index contributed by atoms with van der Waals surface area (Å²) in [6, 6.07) is 15.9. The van der Waals surface area contributed by atoms with Gasteiger partial charge in [0.05, 0.1) is 0 Å². The van der Waals surface area contributed by atoms with Crippen LogP contribution in [0.15, 0.2) is 48.5 Å². The molecular formula is C25H33N3O2. The van der Waals surface area contributed by atoms with Gasteiger partial charge in [-0.15, -0.1) is 0 Å². The first-order valence-electron chi connectivity index (χ1n) is 10.8. The van der Waals surface area contributed by atoms with Gasteiger partial charge in [-0.1, -0.05) is 70.2 Å². The zero-order chi connectivity index (χ0) is 21.7. The molecule has 2 aromatic rings. The molecule has 1 aliphatic rings. The predicted octanol–water partition coefficient (Wildman–Crippen LogP) is 4.22. The summed E-state index contributed by atoms with van der Waals surface area (Å²) in [4.78, 5) is 26.1. The topological polar surface area (TPSA) is 61.4 Å². The summed E-state index contributed by atoms with van der Waals surface area (Å²) < 4.78 is 0. The minimum absolute atomic E-state index is 0.257. The molecule has 3 amide bonds.